The highest BCUT2D eigenvalue weighted by molar-refractivity contribution is 6.00. The van der Waals surface area contributed by atoms with Gasteiger partial charge in [0.2, 0.25) is 6.41 Å². The minimum Gasteiger partial charge on any atom is -0.469 e. The van der Waals surface area contributed by atoms with Crippen LogP contribution in [0, 0.1) is 12.8 Å². The Morgan fingerprint density at radius 3 is 2.57 bits per heavy atom. The van der Waals surface area contributed by atoms with Crippen molar-refractivity contribution in [1.82, 2.24) is 4.90 Å². The highest BCUT2D eigenvalue weighted by Crippen LogP contribution is 2.12. The summed E-state index contributed by atoms with van der Waals surface area (Å²) in [6, 6.07) is 7.15. The van der Waals surface area contributed by atoms with Crippen molar-refractivity contribution in [3.05, 3.63) is 35.4 Å². The number of nitrogens with zero attached hydrogens (tertiary/aromatic N) is 1. The van der Waals surface area contributed by atoms with Crippen LogP contribution in [0.15, 0.2) is 24.3 Å². The van der Waals surface area contributed by atoms with Gasteiger partial charge >= 0.3 is 5.97 Å². The molecule has 6 nitrogen and oxygen atoms in total. The second-order valence-electron chi connectivity index (χ2n) is 5.37. The molecule has 0 bridgehead atoms. The van der Waals surface area contributed by atoms with Crippen molar-refractivity contribution in [3.8, 4) is 0 Å². The molecule has 1 unspecified atom stereocenters. The van der Waals surface area contributed by atoms with Gasteiger partial charge in [-0.05, 0) is 31.4 Å². The lowest BCUT2D eigenvalue weighted by Crippen LogP contribution is -2.31. The Balaban J connectivity index is 2.51. The molecule has 2 N–H and O–H groups in total. The Labute approximate surface area is 136 Å². The number of methoxy groups -OCH3 is 1. The number of hydrogen-bond acceptors (Lipinski definition) is 5. The van der Waals surface area contributed by atoms with Crippen molar-refractivity contribution in [3.63, 3.8) is 0 Å². The number of hydrogen-bond donors (Lipinski definition) is 1. The van der Waals surface area contributed by atoms with Gasteiger partial charge in [-0.15, -0.1) is 0 Å². The monoisotopic (exact) mass is 320 g/mol. The molecule has 1 atom stereocenters. The van der Waals surface area contributed by atoms with Crippen molar-refractivity contribution in [2.24, 2.45) is 11.7 Å². The van der Waals surface area contributed by atoms with Crippen LogP contribution in [-0.4, -0.2) is 43.4 Å². The number of carbonyl (C=O) groups is 3. The molecule has 0 aliphatic carbocycles. The molecule has 1 aromatic carbocycles. The Kier molecular flexibility index (Phi) is 7.97. The Morgan fingerprint density at radius 1 is 1.30 bits per heavy atom. The number of imide groups is 1. The SMILES string of the molecule is COC(=O)C(CN)CCCCN(C=O)C(=O)c1ccccc1C. The van der Waals surface area contributed by atoms with Crippen LogP contribution in [0.4, 0.5) is 0 Å². The normalized spacial score (nSPS) is 11.6. The predicted octanol–water partition coefficient (Wildman–Crippen LogP) is 1.51. The molecule has 0 aliphatic rings. The van der Waals surface area contributed by atoms with Crippen LogP contribution in [-0.2, 0) is 14.3 Å². The zero-order chi connectivity index (χ0) is 17.2. The smallest absolute Gasteiger partial charge is 0.309 e. The van der Waals surface area contributed by atoms with Crippen LogP contribution >= 0.6 is 0 Å². The van der Waals surface area contributed by atoms with E-state index >= 15 is 0 Å². The average Bonchev–Trinajstić information content (AvgIpc) is 2.57. The summed E-state index contributed by atoms with van der Waals surface area (Å²) in [6.07, 6.45) is 2.43. The summed E-state index contributed by atoms with van der Waals surface area (Å²) in [5.74, 6) is -0.964. The number of benzene rings is 1. The largest absolute Gasteiger partial charge is 0.469 e. The molecule has 2 amide bonds. The topological polar surface area (TPSA) is 89.7 Å². The van der Waals surface area contributed by atoms with E-state index in [-0.39, 0.29) is 24.3 Å². The van der Waals surface area contributed by atoms with E-state index in [2.05, 4.69) is 4.74 Å². The van der Waals surface area contributed by atoms with Crippen molar-refractivity contribution in [2.75, 3.05) is 20.2 Å². The fraction of sp³-hybridized carbons (Fsp3) is 0.471. The molecule has 0 heterocycles. The van der Waals surface area contributed by atoms with Gasteiger partial charge in [0, 0.05) is 18.7 Å². The van der Waals surface area contributed by atoms with E-state index in [1.807, 2.05) is 19.1 Å². The maximum absolute atomic E-state index is 12.3. The van der Waals surface area contributed by atoms with E-state index in [1.54, 1.807) is 12.1 Å². The van der Waals surface area contributed by atoms with Crippen molar-refractivity contribution in [1.29, 1.82) is 0 Å². The van der Waals surface area contributed by atoms with E-state index in [9.17, 15) is 14.4 Å². The van der Waals surface area contributed by atoms with Gasteiger partial charge in [-0.2, -0.15) is 0 Å². The van der Waals surface area contributed by atoms with Gasteiger partial charge < -0.3 is 10.5 Å². The minimum atomic E-state index is -0.336. The first-order chi connectivity index (χ1) is 11.0. The summed E-state index contributed by atoms with van der Waals surface area (Å²) >= 11 is 0. The average molecular weight is 320 g/mol. The van der Waals surface area contributed by atoms with Gasteiger partial charge in [0.25, 0.3) is 5.91 Å². The number of esters is 1. The second kappa shape index (κ2) is 9.74. The molecule has 0 saturated carbocycles. The third-order valence-corrected chi connectivity index (χ3v) is 3.78. The molecule has 1 aromatic rings. The molecular formula is C17H24N2O4. The maximum atomic E-state index is 12.3. The first kappa shape index (κ1) is 18.8. The molecule has 0 fully saturated rings. The van der Waals surface area contributed by atoms with Gasteiger partial charge in [0.1, 0.15) is 0 Å². The van der Waals surface area contributed by atoms with Gasteiger partial charge in [-0.3, -0.25) is 19.3 Å². The van der Waals surface area contributed by atoms with Crippen molar-refractivity contribution in [2.45, 2.75) is 26.2 Å². The quantitative estimate of drug-likeness (QED) is 0.423. The lowest BCUT2D eigenvalue weighted by atomic mass is 10.0. The summed E-state index contributed by atoms with van der Waals surface area (Å²) in [4.78, 5) is 36.1. The number of amides is 2. The number of aryl methyl sites for hydroxylation is 1. The van der Waals surface area contributed by atoms with Crippen molar-refractivity contribution < 1.29 is 19.1 Å². The molecule has 0 aliphatic heterocycles. The molecule has 0 radical (unpaired) electrons. The van der Waals surface area contributed by atoms with E-state index < -0.39 is 0 Å². The number of carbonyl (C=O) groups excluding carboxylic acids is 3. The third-order valence-electron chi connectivity index (χ3n) is 3.78. The molecule has 23 heavy (non-hydrogen) atoms. The Bertz CT molecular complexity index is 545. The zero-order valence-corrected chi connectivity index (χ0v) is 13.7. The van der Waals surface area contributed by atoms with Crippen LogP contribution < -0.4 is 5.73 Å². The van der Waals surface area contributed by atoms with Gasteiger partial charge in [0.05, 0.1) is 13.0 Å². The number of ether oxygens (including phenoxy) is 1. The molecule has 0 spiro atoms. The lowest BCUT2D eigenvalue weighted by Gasteiger charge is -2.17. The summed E-state index contributed by atoms with van der Waals surface area (Å²) in [7, 11) is 1.33. The lowest BCUT2D eigenvalue weighted by molar-refractivity contribution is -0.145. The summed E-state index contributed by atoms with van der Waals surface area (Å²) < 4.78 is 4.67. The fourth-order valence-electron chi connectivity index (χ4n) is 2.34. The summed E-state index contributed by atoms with van der Waals surface area (Å²) in [6.45, 7) is 2.37. The van der Waals surface area contributed by atoms with E-state index in [4.69, 9.17) is 5.73 Å². The Morgan fingerprint density at radius 2 is 2.00 bits per heavy atom. The van der Waals surface area contributed by atoms with Crippen LogP contribution in [0.5, 0.6) is 0 Å². The van der Waals surface area contributed by atoms with Crippen LogP contribution in [0.1, 0.15) is 35.2 Å². The first-order valence-electron chi connectivity index (χ1n) is 7.65. The first-order valence-corrected chi connectivity index (χ1v) is 7.65. The van der Waals surface area contributed by atoms with Gasteiger partial charge in [-0.1, -0.05) is 24.6 Å². The van der Waals surface area contributed by atoms with Crippen molar-refractivity contribution >= 4 is 18.3 Å². The maximum Gasteiger partial charge on any atom is 0.309 e. The van der Waals surface area contributed by atoms with Gasteiger partial charge in [0.15, 0.2) is 0 Å². The molecule has 0 saturated heterocycles. The molecule has 1 rings (SSSR count). The summed E-state index contributed by atoms with van der Waals surface area (Å²) in [5.41, 5.74) is 6.89. The second-order valence-corrected chi connectivity index (χ2v) is 5.37. The van der Waals surface area contributed by atoms with E-state index in [1.165, 1.54) is 7.11 Å². The zero-order valence-electron chi connectivity index (χ0n) is 13.7. The van der Waals surface area contributed by atoms with Crippen LogP contribution in [0.3, 0.4) is 0 Å². The minimum absolute atomic E-state index is 0.228. The van der Waals surface area contributed by atoms with E-state index in [0.29, 0.717) is 37.8 Å². The standard InChI is InChI=1S/C17H24N2O4/c1-13-7-3-4-9-15(13)16(21)19(12-20)10-6-5-8-14(11-18)17(22)23-2/h3-4,7,9,12,14H,5-6,8,10-11,18H2,1-2H3. The number of rotatable bonds is 9. The number of nitrogens with two attached hydrogens (primary N) is 1. The highest BCUT2D eigenvalue weighted by Gasteiger charge is 2.19. The molecule has 126 valence electrons. The molecule has 6 heteroatoms. The van der Waals surface area contributed by atoms with Gasteiger partial charge in [-0.25, -0.2) is 0 Å². The van der Waals surface area contributed by atoms with E-state index in [0.717, 1.165) is 10.5 Å². The summed E-state index contributed by atoms with van der Waals surface area (Å²) in [5, 5.41) is 0. The molecular weight excluding hydrogens is 296 g/mol. The number of unbranched alkanes of at least 4 members (excludes halogenated alkanes) is 1. The van der Waals surface area contributed by atoms with Crippen LogP contribution in [0.25, 0.3) is 0 Å². The highest BCUT2D eigenvalue weighted by atomic mass is 16.5. The Hall–Kier alpha value is -2.21. The third kappa shape index (κ3) is 5.49. The molecule has 0 aromatic heterocycles. The predicted molar refractivity (Wildman–Crippen MR) is 86.7 cm³/mol. The fourth-order valence-corrected chi connectivity index (χ4v) is 2.34. The van der Waals surface area contributed by atoms with Crippen LogP contribution in [0.2, 0.25) is 0 Å².